The lowest BCUT2D eigenvalue weighted by Crippen LogP contribution is -2.15. The number of nitrogens with zero attached hydrogens (tertiary/aromatic N) is 5. The molecular weight excluding hydrogens is 695 g/mol. The van der Waals surface area contributed by atoms with Gasteiger partial charge < -0.3 is 0 Å². The molecule has 9 aromatic rings. The van der Waals surface area contributed by atoms with Gasteiger partial charge in [0.15, 0.2) is 17.5 Å². The molecule has 0 bridgehead atoms. The molecule has 268 valence electrons. The van der Waals surface area contributed by atoms with E-state index in [4.69, 9.17) is 15.0 Å². The van der Waals surface area contributed by atoms with Crippen LogP contribution in [0.5, 0.6) is 0 Å². The highest BCUT2D eigenvalue weighted by molar-refractivity contribution is 6.03. The lowest BCUT2D eigenvalue weighted by Gasteiger charge is -2.22. The molecule has 5 heteroatoms. The Bertz CT molecular complexity index is 3020. The minimum absolute atomic E-state index is 0.226. The van der Waals surface area contributed by atoms with Crippen LogP contribution in [0.3, 0.4) is 0 Å². The fourth-order valence-corrected chi connectivity index (χ4v) is 8.23. The standard InChI is InChI=1S/C52H35N5/c1-52(2)46-24-21-39-26-33(31-53)15-22-44(39)48(46)45-23-20-38(30-47(45)52)41-27-42(40-14-9-25-54-32-40)29-43(28-41)51-56-49(36-12-7-4-8-13-36)55-50(57-51)37-18-16-35(17-19-37)34-10-5-3-6-11-34/h3-30,32H,1-2H3. The Labute approximate surface area is 331 Å². The van der Waals surface area contributed by atoms with Crippen molar-refractivity contribution in [1.29, 1.82) is 5.26 Å². The van der Waals surface area contributed by atoms with Gasteiger partial charge in [-0.25, -0.2) is 15.0 Å². The van der Waals surface area contributed by atoms with E-state index in [1.54, 1.807) is 6.20 Å². The molecule has 10 rings (SSSR count). The number of pyridine rings is 1. The summed E-state index contributed by atoms with van der Waals surface area (Å²) in [4.78, 5) is 19.8. The van der Waals surface area contributed by atoms with Crippen LogP contribution in [0.25, 0.3) is 89.4 Å². The summed E-state index contributed by atoms with van der Waals surface area (Å²) in [5.41, 5.74) is 14.7. The lowest BCUT2D eigenvalue weighted by molar-refractivity contribution is 0.661. The molecule has 0 atom stereocenters. The minimum atomic E-state index is -0.226. The highest BCUT2D eigenvalue weighted by Gasteiger charge is 2.36. The SMILES string of the molecule is CC1(C)c2cc(-c3cc(-c4cccnc4)cc(-c4nc(-c5ccccc5)nc(-c5ccc(-c6ccccc6)cc5)n4)c3)ccc2-c2c1ccc1cc(C#N)ccc21. The Kier molecular flexibility index (Phi) is 8.13. The summed E-state index contributed by atoms with van der Waals surface area (Å²) < 4.78 is 0. The average Bonchev–Trinajstić information content (AvgIpc) is 3.52. The van der Waals surface area contributed by atoms with Crippen LogP contribution in [0, 0.1) is 11.3 Å². The maximum absolute atomic E-state index is 9.57. The van der Waals surface area contributed by atoms with Crippen LogP contribution in [0.4, 0.5) is 0 Å². The van der Waals surface area contributed by atoms with Crippen molar-refractivity contribution >= 4 is 10.8 Å². The molecule has 0 amide bonds. The first-order chi connectivity index (χ1) is 27.9. The number of fused-ring (bicyclic) bond motifs is 5. The molecule has 2 heterocycles. The molecule has 0 aliphatic heterocycles. The van der Waals surface area contributed by atoms with Crippen molar-refractivity contribution in [2.24, 2.45) is 0 Å². The van der Waals surface area contributed by atoms with Crippen molar-refractivity contribution in [1.82, 2.24) is 19.9 Å². The molecule has 2 aromatic heterocycles. The zero-order valence-electron chi connectivity index (χ0n) is 31.5. The Morgan fingerprint density at radius 3 is 1.72 bits per heavy atom. The molecule has 0 saturated carbocycles. The van der Waals surface area contributed by atoms with Crippen LogP contribution >= 0.6 is 0 Å². The van der Waals surface area contributed by atoms with Crippen LogP contribution in [-0.2, 0) is 5.41 Å². The van der Waals surface area contributed by atoms with Crippen molar-refractivity contribution in [3.05, 3.63) is 193 Å². The summed E-state index contributed by atoms with van der Waals surface area (Å²) in [6.07, 6.45) is 3.70. The van der Waals surface area contributed by atoms with E-state index in [1.807, 2.05) is 60.8 Å². The number of aromatic nitrogens is 4. The molecule has 5 nitrogen and oxygen atoms in total. The average molecular weight is 730 g/mol. The van der Waals surface area contributed by atoms with E-state index in [0.717, 1.165) is 55.5 Å². The summed E-state index contributed by atoms with van der Waals surface area (Å²) in [7, 11) is 0. The summed E-state index contributed by atoms with van der Waals surface area (Å²) in [5.74, 6) is 1.82. The molecule has 0 unspecified atom stereocenters. The van der Waals surface area contributed by atoms with Crippen molar-refractivity contribution in [3.8, 4) is 84.7 Å². The van der Waals surface area contributed by atoms with E-state index in [-0.39, 0.29) is 5.41 Å². The van der Waals surface area contributed by atoms with Crippen LogP contribution in [0.1, 0.15) is 30.5 Å². The molecule has 0 radical (unpaired) electrons. The van der Waals surface area contributed by atoms with E-state index < -0.39 is 0 Å². The number of hydrogen-bond donors (Lipinski definition) is 0. The number of hydrogen-bond acceptors (Lipinski definition) is 5. The summed E-state index contributed by atoms with van der Waals surface area (Å²) in [6.45, 7) is 4.61. The van der Waals surface area contributed by atoms with Crippen LogP contribution < -0.4 is 0 Å². The van der Waals surface area contributed by atoms with Crippen LogP contribution in [0.15, 0.2) is 176 Å². The highest BCUT2D eigenvalue weighted by atomic mass is 15.0. The molecule has 57 heavy (non-hydrogen) atoms. The largest absolute Gasteiger partial charge is 0.264 e. The number of rotatable bonds is 6. The predicted octanol–water partition coefficient (Wildman–Crippen LogP) is 12.6. The Hall–Kier alpha value is -7.55. The first kappa shape index (κ1) is 34.0. The highest BCUT2D eigenvalue weighted by Crippen LogP contribution is 2.52. The van der Waals surface area contributed by atoms with E-state index >= 15 is 0 Å². The van der Waals surface area contributed by atoms with E-state index in [9.17, 15) is 5.26 Å². The second-order valence-electron chi connectivity index (χ2n) is 15.1. The molecular formula is C52H35N5. The third-order valence-corrected chi connectivity index (χ3v) is 11.2. The fraction of sp³-hybridized carbons (Fsp3) is 0.0577. The van der Waals surface area contributed by atoms with Gasteiger partial charge in [-0.3, -0.25) is 4.98 Å². The fourth-order valence-electron chi connectivity index (χ4n) is 8.23. The first-order valence-corrected chi connectivity index (χ1v) is 19.1. The normalized spacial score (nSPS) is 12.5. The van der Waals surface area contributed by atoms with Crippen LogP contribution in [0.2, 0.25) is 0 Å². The Morgan fingerprint density at radius 2 is 1.04 bits per heavy atom. The Balaban J connectivity index is 1.13. The molecule has 1 aliphatic rings. The zero-order valence-corrected chi connectivity index (χ0v) is 31.5. The van der Waals surface area contributed by atoms with Crippen LogP contribution in [-0.4, -0.2) is 19.9 Å². The molecule has 0 N–H and O–H groups in total. The van der Waals surface area contributed by atoms with Gasteiger partial charge in [-0.15, -0.1) is 0 Å². The third kappa shape index (κ3) is 6.05. The molecule has 0 fully saturated rings. The molecule has 0 spiro atoms. The summed E-state index contributed by atoms with van der Waals surface area (Å²) in [6, 6.07) is 59.0. The minimum Gasteiger partial charge on any atom is -0.264 e. The van der Waals surface area contributed by atoms with E-state index in [0.29, 0.717) is 23.0 Å². The van der Waals surface area contributed by atoms with Gasteiger partial charge in [-0.1, -0.05) is 135 Å². The second-order valence-corrected chi connectivity index (χ2v) is 15.1. The van der Waals surface area contributed by atoms with Crippen molar-refractivity contribution in [2.75, 3.05) is 0 Å². The predicted molar refractivity (Wildman–Crippen MR) is 230 cm³/mol. The van der Waals surface area contributed by atoms with Gasteiger partial charge in [0.2, 0.25) is 0 Å². The van der Waals surface area contributed by atoms with Gasteiger partial charge in [0.1, 0.15) is 0 Å². The number of nitriles is 1. The maximum Gasteiger partial charge on any atom is 0.164 e. The smallest absolute Gasteiger partial charge is 0.164 e. The zero-order chi connectivity index (χ0) is 38.5. The van der Waals surface area contributed by atoms with Gasteiger partial charge in [0, 0.05) is 40.1 Å². The van der Waals surface area contributed by atoms with Gasteiger partial charge in [0.25, 0.3) is 0 Å². The van der Waals surface area contributed by atoms with Gasteiger partial charge >= 0.3 is 0 Å². The lowest BCUT2D eigenvalue weighted by atomic mass is 9.81. The maximum atomic E-state index is 9.57. The number of benzene rings is 7. The van der Waals surface area contributed by atoms with Gasteiger partial charge in [0.05, 0.1) is 11.6 Å². The van der Waals surface area contributed by atoms with E-state index in [2.05, 4.69) is 134 Å². The summed E-state index contributed by atoms with van der Waals surface area (Å²) in [5, 5.41) is 11.8. The van der Waals surface area contributed by atoms with Crippen molar-refractivity contribution < 1.29 is 0 Å². The second kappa shape index (κ2) is 13.6. The first-order valence-electron chi connectivity index (χ1n) is 19.1. The summed E-state index contributed by atoms with van der Waals surface area (Å²) >= 11 is 0. The monoisotopic (exact) mass is 729 g/mol. The van der Waals surface area contributed by atoms with E-state index in [1.165, 1.54) is 27.6 Å². The Morgan fingerprint density at radius 1 is 0.456 bits per heavy atom. The quantitative estimate of drug-likeness (QED) is 0.170. The molecule has 1 aliphatic carbocycles. The van der Waals surface area contributed by atoms with Gasteiger partial charge in [-0.05, 0) is 103 Å². The van der Waals surface area contributed by atoms with Gasteiger partial charge in [-0.2, -0.15) is 5.26 Å². The molecule has 0 saturated heterocycles. The molecule has 7 aromatic carbocycles. The van der Waals surface area contributed by atoms with Crippen molar-refractivity contribution in [3.63, 3.8) is 0 Å². The van der Waals surface area contributed by atoms with Crippen molar-refractivity contribution in [2.45, 2.75) is 19.3 Å². The third-order valence-electron chi connectivity index (χ3n) is 11.2. The topological polar surface area (TPSA) is 75.3 Å².